The Morgan fingerprint density at radius 1 is 1.38 bits per heavy atom. The zero-order valence-electron chi connectivity index (χ0n) is 11.5. The van der Waals surface area contributed by atoms with E-state index in [-0.39, 0.29) is 6.04 Å². The molecule has 2 rings (SSSR count). The molecule has 1 heterocycles. The normalized spacial score (nSPS) is 13.4. The summed E-state index contributed by atoms with van der Waals surface area (Å²) in [5.41, 5.74) is 1.99. The van der Waals surface area contributed by atoms with Crippen LogP contribution >= 0.6 is 27.3 Å². The molecule has 7 heteroatoms. The molecule has 1 aromatic heterocycles. The average Bonchev–Trinajstić information content (AvgIpc) is 2.86. The first-order valence-corrected chi connectivity index (χ1v) is 7.96. The first-order valence-electron chi connectivity index (χ1n) is 6.35. The standard InChI is InChI=1S/C14H14BrF3N2S/c1-3-19-12(9-5-4-8(2)6-10(9)15)11-7-20-13(21-11)14(16,17)18/h4-7,12,19H,3H2,1-2H3. The van der Waals surface area contributed by atoms with Crippen molar-refractivity contribution in [3.05, 3.63) is 49.9 Å². The van der Waals surface area contributed by atoms with Gasteiger partial charge < -0.3 is 5.32 Å². The highest BCUT2D eigenvalue weighted by Crippen LogP contribution is 2.37. The molecule has 0 saturated carbocycles. The van der Waals surface area contributed by atoms with E-state index in [1.807, 2.05) is 32.0 Å². The Labute approximate surface area is 133 Å². The molecule has 0 spiro atoms. The van der Waals surface area contributed by atoms with Crippen molar-refractivity contribution in [2.45, 2.75) is 26.1 Å². The van der Waals surface area contributed by atoms with Crippen LogP contribution in [0.3, 0.4) is 0 Å². The Kier molecular flexibility index (Phi) is 5.06. The largest absolute Gasteiger partial charge is 0.443 e. The minimum atomic E-state index is -4.40. The third-order valence-electron chi connectivity index (χ3n) is 2.93. The van der Waals surface area contributed by atoms with E-state index in [9.17, 15) is 13.2 Å². The number of aromatic nitrogens is 1. The molecule has 2 aromatic rings. The summed E-state index contributed by atoms with van der Waals surface area (Å²) in [6, 6.07) is 5.50. The molecule has 0 aliphatic rings. The molecule has 21 heavy (non-hydrogen) atoms. The second-order valence-electron chi connectivity index (χ2n) is 4.58. The van der Waals surface area contributed by atoms with Gasteiger partial charge in [0.05, 0.1) is 6.04 Å². The third kappa shape index (κ3) is 3.84. The molecule has 1 N–H and O–H groups in total. The van der Waals surface area contributed by atoms with Crippen LogP contribution in [0.25, 0.3) is 0 Å². The Balaban J connectivity index is 2.41. The van der Waals surface area contributed by atoms with Crippen LogP contribution in [0.1, 0.15) is 34.0 Å². The summed E-state index contributed by atoms with van der Waals surface area (Å²) in [5, 5.41) is 2.40. The fourth-order valence-corrected chi connectivity index (χ4v) is 3.59. The highest BCUT2D eigenvalue weighted by Gasteiger charge is 2.35. The van der Waals surface area contributed by atoms with Gasteiger partial charge in [-0.15, -0.1) is 11.3 Å². The summed E-state index contributed by atoms with van der Waals surface area (Å²) < 4.78 is 39.0. The average molecular weight is 379 g/mol. The van der Waals surface area contributed by atoms with Gasteiger partial charge in [0.15, 0.2) is 5.01 Å². The van der Waals surface area contributed by atoms with Gasteiger partial charge in [0.25, 0.3) is 0 Å². The number of benzene rings is 1. The first-order chi connectivity index (χ1) is 9.82. The van der Waals surface area contributed by atoms with Gasteiger partial charge >= 0.3 is 6.18 Å². The second kappa shape index (κ2) is 6.46. The summed E-state index contributed by atoms with van der Waals surface area (Å²) in [5.74, 6) is 0. The molecule has 0 fully saturated rings. The van der Waals surface area contributed by atoms with Crippen LogP contribution in [0.5, 0.6) is 0 Å². The van der Waals surface area contributed by atoms with Crippen molar-refractivity contribution in [2.24, 2.45) is 0 Å². The number of rotatable bonds is 4. The topological polar surface area (TPSA) is 24.9 Å². The molecule has 0 aliphatic carbocycles. The number of halogens is 4. The van der Waals surface area contributed by atoms with Crippen LogP contribution in [-0.2, 0) is 6.18 Å². The fraction of sp³-hybridized carbons (Fsp3) is 0.357. The Morgan fingerprint density at radius 2 is 2.10 bits per heavy atom. The van der Waals surface area contributed by atoms with E-state index in [2.05, 4.69) is 26.2 Å². The predicted octanol–water partition coefficient (Wildman–Crippen LogP) is 4.93. The minimum Gasteiger partial charge on any atom is -0.306 e. The summed E-state index contributed by atoms with van der Waals surface area (Å²) in [6.07, 6.45) is -3.10. The maximum Gasteiger partial charge on any atom is 0.443 e. The predicted molar refractivity (Wildman–Crippen MR) is 81.5 cm³/mol. The summed E-state index contributed by atoms with van der Waals surface area (Å²) in [7, 11) is 0. The minimum absolute atomic E-state index is 0.307. The van der Waals surface area contributed by atoms with Crippen LogP contribution in [0, 0.1) is 6.92 Å². The van der Waals surface area contributed by atoms with Gasteiger partial charge in [-0.1, -0.05) is 35.0 Å². The van der Waals surface area contributed by atoms with Gasteiger partial charge in [-0.2, -0.15) is 13.2 Å². The van der Waals surface area contributed by atoms with Crippen LogP contribution in [0.2, 0.25) is 0 Å². The Bertz CT molecular complexity index is 625. The molecule has 1 atom stereocenters. The van der Waals surface area contributed by atoms with Gasteiger partial charge in [-0.25, -0.2) is 4.98 Å². The van der Waals surface area contributed by atoms with E-state index in [1.165, 1.54) is 6.20 Å². The molecular formula is C14H14BrF3N2S. The first kappa shape index (κ1) is 16.5. The maximum atomic E-state index is 12.7. The van der Waals surface area contributed by atoms with Gasteiger partial charge in [0.1, 0.15) is 0 Å². The lowest BCUT2D eigenvalue weighted by Gasteiger charge is -2.18. The van der Waals surface area contributed by atoms with Crippen molar-refractivity contribution in [3.8, 4) is 0 Å². The number of alkyl halides is 3. The number of hydrogen-bond acceptors (Lipinski definition) is 3. The highest BCUT2D eigenvalue weighted by molar-refractivity contribution is 9.10. The molecule has 114 valence electrons. The lowest BCUT2D eigenvalue weighted by atomic mass is 10.0. The zero-order chi connectivity index (χ0) is 15.6. The molecule has 0 aliphatic heterocycles. The van der Waals surface area contributed by atoms with Crippen LogP contribution in [0.4, 0.5) is 13.2 Å². The van der Waals surface area contributed by atoms with E-state index < -0.39 is 11.2 Å². The lowest BCUT2D eigenvalue weighted by molar-refractivity contribution is -0.137. The zero-order valence-corrected chi connectivity index (χ0v) is 13.9. The number of nitrogens with zero attached hydrogens (tertiary/aromatic N) is 1. The molecule has 0 radical (unpaired) electrons. The van der Waals surface area contributed by atoms with Crippen molar-refractivity contribution in [2.75, 3.05) is 6.54 Å². The fourth-order valence-electron chi connectivity index (χ4n) is 1.99. The molecule has 1 aromatic carbocycles. The van der Waals surface area contributed by atoms with Gasteiger partial charge in [-0.3, -0.25) is 0 Å². The van der Waals surface area contributed by atoms with Crippen molar-refractivity contribution >= 4 is 27.3 Å². The van der Waals surface area contributed by atoms with Gasteiger partial charge in [0, 0.05) is 15.5 Å². The van der Waals surface area contributed by atoms with Crippen molar-refractivity contribution < 1.29 is 13.2 Å². The van der Waals surface area contributed by atoms with Crippen molar-refractivity contribution in [1.82, 2.24) is 10.3 Å². The molecular weight excluding hydrogens is 365 g/mol. The van der Waals surface area contributed by atoms with E-state index in [4.69, 9.17) is 0 Å². The highest BCUT2D eigenvalue weighted by atomic mass is 79.9. The van der Waals surface area contributed by atoms with E-state index in [1.54, 1.807) is 0 Å². The summed E-state index contributed by atoms with van der Waals surface area (Å²) >= 11 is 4.16. The molecule has 1 unspecified atom stereocenters. The number of aryl methyl sites for hydroxylation is 1. The maximum absolute atomic E-state index is 12.7. The third-order valence-corrected chi connectivity index (χ3v) is 4.72. The van der Waals surface area contributed by atoms with Crippen LogP contribution in [-0.4, -0.2) is 11.5 Å². The number of hydrogen-bond donors (Lipinski definition) is 1. The van der Waals surface area contributed by atoms with E-state index in [0.717, 1.165) is 15.6 Å². The molecule has 0 amide bonds. The van der Waals surface area contributed by atoms with Crippen molar-refractivity contribution in [3.63, 3.8) is 0 Å². The Hall–Kier alpha value is -0.920. The smallest absolute Gasteiger partial charge is 0.306 e. The number of nitrogens with one attached hydrogen (secondary N) is 1. The van der Waals surface area contributed by atoms with Crippen molar-refractivity contribution in [1.29, 1.82) is 0 Å². The van der Waals surface area contributed by atoms with Crippen LogP contribution in [0.15, 0.2) is 28.9 Å². The molecule has 0 bridgehead atoms. The number of thiazole rings is 1. The molecule has 0 saturated heterocycles. The van der Waals surface area contributed by atoms with Crippen LogP contribution < -0.4 is 5.32 Å². The Morgan fingerprint density at radius 3 is 2.62 bits per heavy atom. The molecule has 2 nitrogen and oxygen atoms in total. The second-order valence-corrected chi connectivity index (χ2v) is 6.50. The summed E-state index contributed by atoms with van der Waals surface area (Å²) in [4.78, 5) is 4.05. The van der Waals surface area contributed by atoms with Gasteiger partial charge in [-0.05, 0) is 30.7 Å². The SMILES string of the molecule is CCNC(c1cnc(C(F)(F)F)s1)c1ccc(C)cc1Br. The quantitative estimate of drug-likeness (QED) is 0.815. The monoisotopic (exact) mass is 378 g/mol. The summed E-state index contributed by atoms with van der Waals surface area (Å²) in [6.45, 7) is 4.52. The lowest BCUT2D eigenvalue weighted by Crippen LogP contribution is -2.21. The van der Waals surface area contributed by atoms with Gasteiger partial charge in [0.2, 0.25) is 0 Å². The van der Waals surface area contributed by atoms with E-state index in [0.29, 0.717) is 22.8 Å². The van der Waals surface area contributed by atoms with E-state index >= 15 is 0 Å².